The molecule has 7 nitrogen and oxygen atoms in total. The molecule has 2 rings (SSSR count). The second kappa shape index (κ2) is 8.74. The third-order valence-electron chi connectivity index (χ3n) is 2.91. The first-order chi connectivity index (χ1) is 11.1. The second-order valence-corrected chi connectivity index (χ2v) is 5.43. The first-order valence-corrected chi connectivity index (χ1v) is 7.95. The van der Waals surface area contributed by atoms with Crippen molar-refractivity contribution in [3.63, 3.8) is 0 Å². The number of thiophene rings is 1. The zero-order valence-electron chi connectivity index (χ0n) is 12.3. The van der Waals surface area contributed by atoms with Crippen molar-refractivity contribution in [3.8, 4) is 0 Å². The van der Waals surface area contributed by atoms with E-state index in [1.165, 1.54) is 17.6 Å². The van der Waals surface area contributed by atoms with Crippen LogP contribution in [0.4, 0.5) is 0 Å². The lowest BCUT2D eigenvalue weighted by molar-refractivity contribution is -0.126. The number of amides is 3. The minimum Gasteiger partial charge on any atom is -0.467 e. The summed E-state index contributed by atoms with van der Waals surface area (Å²) in [6.07, 6.45) is 1.63. The molecule has 2 aromatic rings. The summed E-state index contributed by atoms with van der Waals surface area (Å²) in [5, 5.41) is 11.3. The third kappa shape index (κ3) is 5.95. The van der Waals surface area contributed by atoms with Crippen LogP contribution in [0.3, 0.4) is 0 Å². The van der Waals surface area contributed by atoms with Gasteiger partial charge in [0, 0.05) is 23.9 Å². The van der Waals surface area contributed by atoms with Gasteiger partial charge in [0.25, 0.3) is 5.91 Å². The normalized spacial score (nSPS) is 10.1. The summed E-state index contributed by atoms with van der Waals surface area (Å²) < 4.78 is 5.07. The number of rotatable bonds is 8. The van der Waals surface area contributed by atoms with Crippen LogP contribution in [0.1, 0.15) is 22.5 Å². The Morgan fingerprint density at radius 2 is 1.96 bits per heavy atom. The van der Waals surface area contributed by atoms with Crippen LogP contribution in [0.2, 0.25) is 0 Å². The molecule has 2 heterocycles. The molecule has 3 amide bonds. The minimum atomic E-state index is -0.308. The molecule has 8 heteroatoms. The molecule has 0 radical (unpaired) electrons. The molecule has 0 saturated heterocycles. The van der Waals surface area contributed by atoms with Gasteiger partial charge in [-0.05, 0) is 23.6 Å². The van der Waals surface area contributed by atoms with Gasteiger partial charge < -0.3 is 20.4 Å². The van der Waals surface area contributed by atoms with Gasteiger partial charge in [-0.25, -0.2) is 0 Å². The van der Waals surface area contributed by atoms with E-state index in [0.717, 1.165) is 0 Å². The molecule has 2 aromatic heterocycles. The fourth-order valence-electron chi connectivity index (χ4n) is 1.71. The van der Waals surface area contributed by atoms with Crippen molar-refractivity contribution in [2.45, 2.75) is 13.0 Å². The molecule has 0 aliphatic heterocycles. The van der Waals surface area contributed by atoms with Gasteiger partial charge in [0.2, 0.25) is 11.8 Å². The van der Waals surface area contributed by atoms with Crippen molar-refractivity contribution >= 4 is 29.1 Å². The van der Waals surface area contributed by atoms with Gasteiger partial charge in [-0.3, -0.25) is 14.4 Å². The standard InChI is InChI=1S/C15H17N3O4S/c19-13(3-5-16-15(21)11-4-7-23-10-11)18-9-14(20)17-8-12-2-1-6-22-12/h1-2,4,6-7,10H,3,5,8-9H2,(H,16,21)(H,17,20)(H,18,19). The molecular formula is C15H17N3O4S. The SMILES string of the molecule is O=C(CCNC(=O)c1ccsc1)NCC(=O)NCc1ccco1. The third-order valence-corrected chi connectivity index (χ3v) is 3.59. The molecule has 0 aliphatic carbocycles. The molecule has 0 fully saturated rings. The molecule has 0 aromatic carbocycles. The molecule has 0 atom stereocenters. The Morgan fingerprint density at radius 3 is 2.65 bits per heavy atom. The highest BCUT2D eigenvalue weighted by atomic mass is 32.1. The number of hydrogen-bond donors (Lipinski definition) is 3. The van der Waals surface area contributed by atoms with Crippen LogP contribution in [0.5, 0.6) is 0 Å². The highest BCUT2D eigenvalue weighted by molar-refractivity contribution is 7.08. The van der Waals surface area contributed by atoms with E-state index in [9.17, 15) is 14.4 Å². The van der Waals surface area contributed by atoms with Gasteiger partial charge in [0.15, 0.2) is 0 Å². The Hall–Kier alpha value is -2.61. The largest absolute Gasteiger partial charge is 0.467 e. The highest BCUT2D eigenvalue weighted by Crippen LogP contribution is 2.05. The predicted octanol–water partition coefficient (Wildman–Crippen LogP) is 0.894. The molecule has 23 heavy (non-hydrogen) atoms. The summed E-state index contributed by atoms with van der Waals surface area (Å²) in [5.74, 6) is -0.183. The second-order valence-electron chi connectivity index (χ2n) is 4.65. The lowest BCUT2D eigenvalue weighted by Gasteiger charge is -2.06. The minimum absolute atomic E-state index is 0.112. The lowest BCUT2D eigenvalue weighted by Crippen LogP contribution is -2.38. The van der Waals surface area contributed by atoms with E-state index in [1.807, 2.05) is 5.38 Å². The molecule has 3 N–H and O–H groups in total. The van der Waals surface area contributed by atoms with Crippen molar-refractivity contribution in [1.82, 2.24) is 16.0 Å². The molecule has 0 saturated carbocycles. The predicted molar refractivity (Wildman–Crippen MR) is 84.8 cm³/mol. The van der Waals surface area contributed by atoms with Gasteiger partial charge in [0.1, 0.15) is 5.76 Å². The van der Waals surface area contributed by atoms with Crippen molar-refractivity contribution in [1.29, 1.82) is 0 Å². The Labute approximate surface area is 137 Å². The molecule has 0 aliphatic rings. The summed E-state index contributed by atoms with van der Waals surface area (Å²) in [4.78, 5) is 34.8. The van der Waals surface area contributed by atoms with Crippen LogP contribution >= 0.6 is 11.3 Å². The first kappa shape index (κ1) is 16.8. The summed E-state index contributed by atoms with van der Waals surface area (Å²) in [7, 11) is 0. The van der Waals surface area contributed by atoms with E-state index < -0.39 is 0 Å². The lowest BCUT2D eigenvalue weighted by atomic mass is 10.3. The summed E-state index contributed by atoms with van der Waals surface area (Å²) in [6, 6.07) is 5.19. The van der Waals surface area contributed by atoms with E-state index >= 15 is 0 Å². The van der Waals surface area contributed by atoms with Crippen LogP contribution in [-0.2, 0) is 16.1 Å². The van der Waals surface area contributed by atoms with E-state index in [2.05, 4.69) is 16.0 Å². The van der Waals surface area contributed by atoms with Gasteiger partial charge in [-0.2, -0.15) is 11.3 Å². The fraction of sp³-hybridized carbons (Fsp3) is 0.267. The van der Waals surface area contributed by atoms with Gasteiger partial charge in [-0.1, -0.05) is 0 Å². The smallest absolute Gasteiger partial charge is 0.252 e. The summed E-state index contributed by atoms with van der Waals surface area (Å²) in [6.45, 7) is 0.380. The van der Waals surface area contributed by atoms with Gasteiger partial charge >= 0.3 is 0 Å². The number of furan rings is 1. The Kier molecular flexibility index (Phi) is 6.37. The van der Waals surface area contributed by atoms with Crippen LogP contribution in [-0.4, -0.2) is 30.8 Å². The average molecular weight is 335 g/mol. The fourth-order valence-corrected chi connectivity index (χ4v) is 2.35. The zero-order chi connectivity index (χ0) is 16.5. The number of hydrogen-bond acceptors (Lipinski definition) is 5. The maximum absolute atomic E-state index is 11.6. The molecule has 0 spiro atoms. The number of carbonyl (C=O) groups excluding carboxylic acids is 3. The van der Waals surface area contributed by atoms with Crippen LogP contribution < -0.4 is 16.0 Å². The first-order valence-electron chi connectivity index (χ1n) is 7.01. The molecule has 0 unspecified atom stereocenters. The molecule has 0 bridgehead atoms. The van der Waals surface area contributed by atoms with Gasteiger partial charge in [-0.15, -0.1) is 0 Å². The maximum atomic E-state index is 11.6. The Balaban J connectivity index is 1.56. The van der Waals surface area contributed by atoms with Crippen molar-refractivity contribution in [3.05, 3.63) is 46.5 Å². The van der Waals surface area contributed by atoms with E-state index in [1.54, 1.807) is 23.6 Å². The van der Waals surface area contributed by atoms with Crippen molar-refractivity contribution in [2.75, 3.05) is 13.1 Å². The maximum Gasteiger partial charge on any atom is 0.252 e. The van der Waals surface area contributed by atoms with Crippen molar-refractivity contribution < 1.29 is 18.8 Å². The number of carbonyl (C=O) groups is 3. The topological polar surface area (TPSA) is 100 Å². The number of nitrogens with one attached hydrogen (secondary N) is 3. The van der Waals surface area contributed by atoms with Crippen LogP contribution in [0.25, 0.3) is 0 Å². The quantitative estimate of drug-likeness (QED) is 0.667. The van der Waals surface area contributed by atoms with Crippen molar-refractivity contribution in [2.24, 2.45) is 0 Å². The highest BCUT2D eigenvalue weighted by Gasteiger charge is 2.08. The van der Waals surface area contributed by atoms with Gasteiger partial charge in [0.05, 0.1) is 19.4 Å². The average Bonchev–Trinajstić information content (AvgIpc) is 3.23. The van der Waals surface area contributed by atoms with Crippen LogP contribution in [0, 0.1) is 0 Å². The molecule has 122 valence electrons. The van der Waals surface area contributed by atoms with E-state index in [0.29, 0.717) is 11.3 Å². The van der Waals surface area contributed by atoms with Crippen LogP contribution in [0.15, 0.2) is 39.6 Å². The van der Waals surface area contributed by atoms with E-state index in [4.69, 9.17) is 4.42 Å². The monoisotopic (exact) mass is 335 g/mol. The van der Waals surface area contributed by atoms with E-state index in [-0.39, 0.29) is 43.8 Å². The summed E-state index contributed by atoms with van der Waals surface area (Å²) in [5.41, 5.74) is 0.577. The Bertz CT molecular complexity index is 638. The molecular weight excluding hydrogens is 318 g/mol. The summed E-state index contributed by atoms with van der Waals surface area (Å²) >= 11 is 1.43. The zero-order valence-corrected chi connectivity index (χ0v) is 13.2. The Morgan fingerprint density at radius 1 is 1.09 bits per heavy atom.